The van der Waals surface area contributed by atoms with Crippen molar-refractivity contribution in [2.24, 2.45) is 0 Å². The lowest BCUT2D eigenvalue weighted by molar-refractivity contribution is 0.172. The van der Waals surface area contributed by atoms with E-state index >= 15 is 0 Å². The summed E-state index contributed by atoms with van der Waals surface area (Å²) < 4.78 is 11.3. The fraction of sp³-hybridized carbons (Fsp3) is 0.500. The van der Waals surface area contributed by atoms with Gasteiger partial charge in [0.05, 0.1) is 5.69 Å². The smallest absolute Gasteiger partial charge is 0.314 e. The van der Waals surface area contributed by atoms with Crippen LogP contribution in [0.4, 0.5) is 10.5 Å². The maximum absolute atomic E-state index is 11.4. The Hall–Kier alpha value is -2.11. The molecule has 1 fully saturated rings. The number of hydrogen-bond donors (Lipinski definition) is 2. The highest BCUT2D eigenvalue weighted by Crippen LogP contribution is 2.40. The van der Waals surface area contributed by atoms with Crippen molar-refractivity contribution in [3.63, 3.8) is 0 Å². The summed E-state index contributed by atoms with van der Waals surface area (Å²) in [4.78, 5) is 13.6. The van der Waals surface area contributed by atoms with Crippen molar-refractivity contribution < 1.29 is 14.3 Å². The van der Waals surface area contributed by atoms with E-state index in [9.17, 15) is 4.79 Å². The van der Waals surface area contributed by atoms with Gasteiger partial charge in [-0.15, -0.1) is 0 Å². The third-order valence-electron chi connectivity index (χ3n) is 3.64. The number of ether oxygens (including phenoxy) is 2. The Kier molecular flexibility index (Phi) is 3.54. The largest absolute Gasteiger partial charge is 0.486 e. The van der Waals surface area contributed by atoms with Gasteiger partial charge in [-0.1, -0.05) is 6.07 Å². The van der Waals surface area contributed by atoms with Crippen LogP contribution in [0.5, 0.6) is 11.5 Å². The number of amides is 2. The molecule has 1 saturated heterocycles. The van der Waals surface area contributed by atoms with Crippen molar-refractivity contribution in [3.05, 3.63) is 18.2 Å². The van der Waals surface area contributed by atoms with Gasteiger partial charge in [0.25, 0.3) is 0 Å². The predicted molar refractivity (Wildman–Crippen MR) is 75.6 cm³/mol. The van der Waals surface area contributed by atoms with Gasteiger partial charge in [-0.25, -0.2) is 4.79 Å². The Labute approximate surface area is 118 Å². The van der Waals surface area contributed by atoms with Crippen LogP contribution in [-0.4, -0.2) is 45.4 Å². The van der Waals surface area contributed by atoms with E-state index in [-0.39, 0.29) is 12.1 Å². The summed E-state index contributed by atoms with van der Waals surface area (Å²) in [7, 11) is 1.63. The fourth-order valence-corrected chi connectivity index (χ4v) is 2.66. The van der Waals surface area contributed by atoms with Crippen LogP contribution in [0.15, 0.2) is 18.2 Å². The summed E-state index contributed by atoms with van der Waals surface area (Å²) >= 11 is 0. The van der Waals surface area contributed by atoms with Crippen molar-refractivity contribution in [1.82, 2.24) is 10.6 Å². The number of nitrogens with one attached hydrogen (secondary N) is 2. The van der Waals surface area contributed by atoms with Crippen LogP contribution in [0, 0.1) is 0 Å². The van der Waals surface area contributed by atoms with E-state index in [1.807, 2.05) is 18.2 Å². The number of para-hydroxylation sites is 1. The van der Waals surface area contributed by atoms with Crippen LogP contribution in [0.25, 0.3) is 0 Å². The van der Waals surface area contributed by atoms with Gasteiger partial charge in [0.1, 0.15) is 13.2 Å². The molecule has 0 bridgehead atoms. The van der Waals surface area contributed by atoms with E-state index in [1.165, 1.54) is 0 Å². The number of rotatable bonds is 2. The van der Waals surface area contributed by atoms with Gasteiger partial charge in [-0.05, 0) is 18.6 Å². The summed E-state index contributed by atoms with van der Waals surface area (Å²) in [5.74, 6) is 1.62. The van der Waals surface area contributed by atoms with Crippen LogP contribution in [-0.2, 0) is 0 Å². The third-order valence-corrected chi connectivity index (χ3v) is 3.64. The topological polar surface area (TPSA) is 62.8 Å². The summed E-state index contributed by atoms with van der Waals surface area (Å²) in [6.07, 6.45) is 0.929. The molecule has 0 aliphatic carbocycles. The van der Waals surface area contributed by atoms with E-state index in [0.717, 1.165) is 36.7 Å². The summed E-state index contributed by atoms with van der Waals surface area (Å²) in [5, 5.41) is 5.53. The molecular weight excluding hydrogens is 258 g/mol. The number of urea groups is 1. The van der Waals surface area contributed by atoms with Gasteiger partial charge < -0.3 is 25.0 Å². The average molecular weight is 277 g/mol. The van der Waals surface area contributed by atoms with Crippen LogP contribution in [0.1, 0.15) is 6.42 Å². The van der Waals surface area contributed by atoms with Crippen LogP contribution in [0.2, 0.25) is 0 Å². The number of anilines is 1. The molecule has 2 amide bonds. The lowest BCUT2D eigenvalue weighted by Crippen LogP contribution is -2.42. The van der Waals surface area contributed by atoms with Gasteiger partial charge in [0.2, 0.25) is 0 Å². The van der Waals surface area contributed by atoms with E-state index in [4.69, 9.17) is 9.47 Å². The molecule has 1 aromatic carbocycles. The maximum Gasteiger partial charge on any atom is 0.314 e. The maximum atomic E-state index is 11.4. The van der Waals surface area contributed by atoms with E-state index in [2.05, 4.69) is 15.5 Å². The zero-order chi connectivity index (χ0) is 13.9. The first kappa shape index (κ1) is 12.9. The first-order chi connectivity index (χ1) is 9.78. The first-order valence-corrected chi connectivity index (χ1v) is 6.89. The quantitative estimate of drug-likeness (QED) is 0.845. The van der Waals surface area contributed by atoms with Gasteiger partial charge in [-0.3, -0.25) is 0 Å². The van der Waals surface area contributed by atoms with Gasteiger partial charge >= 0.3 is 6.03 Å². The molecule has 2 heterocycles. The average Bonchev–Trinajstić information content (AvgIpc) is 2.94. The zero-order valence-electron chi connectivity index (χ0n) is 11.5. The Morgan fingerprint density at radius 1 is 1.35 bits per heavy atom. The number of hydrogen-bond acceptors (Lipinski definition) is 4. The first-order valence-electron chi connectivity index (χ1n) is 6.89. The summed E-state index contributed by atoms with van der Waals surface area (Å²) in [6.45, 7) is 2.86. The lowest BCUT2D eigenvalue weighted by atomic mass is 10.2. The Morgan fingerprint density at radius 2 is 2.20 bits per heavy atom. The molecule has 6 heteroatoms. The molecule has 108 valence electrons. The van der Waals surface area contributed by atoms with Gasteiger partial charge in [0.15, 0.2) is 11.5 Å². The highest BCUT2D eigenvalue weighted by molar-refractivity contribution is 5.74. The van der Waals surface area contributed by atoms with Crippen molar-refractivity contribution in [1.29, 1.82) is 0 Å². The molecule has 1 atom stereocenters. The SMILES string of the molecule is CNC(=O)NC1CCN(c2cccc3c2OCCO3)C1. The standard InChI is InChI=1S/C14H19N3O3/c1-15-14(18)16-10-5-6-17(9-10)11-3-2-4-12-13(11)20-8-7-19-12/h2-4,10H,5-9H2,1H3,(H2,15,16,18). The molecule has 6 nitrogen and oxygen atoms in total. The molecule has 0 aromatic heterocycles. The lowest BCUT2D eigenvalue weighted by Gasteiger charge is -2.26. The minimum absolute atomic E-state index is 0.133. The summed E-state index contributed by atoms with van der Waals surface area (Å²) in [6, 6.07) is 5.97. The minimum atomic E-state index is -0.133. The van der Waals surface area contributed by atoms with E-state index in [1.54, 1.807) is 7.05 Å². The normalized spacial score (nSPS) is 20.6. The van der Waals surface area contributed by atoms with Crippen molar-refractivity contribution in [2.45, 2.75) is 12.5 Å². The highest BCUT2D eigenvalue weighted by Gasteiger charge is 2.27. The van der Waals surface area contributed by atoms with Crippen molar-refractivity contribution >= 4 is 11.7 Å². The number of benzene rings is 1. The van der Waals surface area contributed by atoms with Gasteiger partial charge in [-0.2, -0.15) is 0 Å². The van der Waals surface area contributed by atoms with Gasteiger partial charge in [0, 0.05) is 26.2 Å². The second-order valence-corrected chi connectivity index (χ2v) is 4.96. The molecule has 0 radical (unpaired) electrons. The molecule has 1 unspecified atom stereocenters. The molecule has 0 saturated carbocycles. The second-order valence-electron chi connectivity index (χ2n) is 4.96. The number of carbonyl (C=O) groups is 1. The van der Waals surface area contributed by atoms with Crippen LogP contribution >= 0.6 is 0 Å². The zero-order valence-corrected chi connectivity index (χ0v) is 11.5. The molecule has 2 aliphatic heterocycles. The highest BCUT2D eigenvalue weighted by atomic mass is 16.6. The van der Waals surface area contributed by atoms with E-state index < -0.39 is 0 Å². The molecular formula is C14H19N3O3. The Bertz CT molecular complexity index is 506. The van der Waals surface area contributed by atoms with Crippen molar-refractivity contribution in [2.75, 3.05) is 38.3 Å². The molecule has 20 heavy (non-hydrogen) atoms. The van der Waals surface area contributed by atoms with E-state index in [0.29, 0.717) is 13.2 Å². The van der Waals surface area contributed by atoms with Crippen LogP contribution in [0.3, 0.4) is 0 Å². The molecule has 3 rings (SSSR count). The van der Waals surface area contributed by atoms with Crippen molar-refractivity contribution in [3.8, 4) is 11.5 Å². The number of fused-ring (bicyclic) bond motifs is 1. The molecule has 0 spiro atoms. The van der Waals surface area contributed by atoms with Crippen LogP contribution < -0.4 is 25.0 Å². The predicted octanol–water partition coefficient (Wildman–Crippen LogP) is 0.965. The Morgan fingerprint density at radius 3 is 3.05 bits per heavy atom. The molecule has 1 aromatic rings. The second kappa shape index (κ2) is 5.48. The third kappa shape index (κ3) is 2.45. The monoisotopic (exact) mass is 277 g/mol. The fourth-order valence-electron chi connectivity index (χ4n) is 2.66. The minimum Gasteiger partial charge on any atom is -0.486 e. The number of carbonyl (C=O) groups excluding carboxylic acids is 1. The number of nitrogens with zero attached hydrogens (tertiary/aromatic N) is 1. The molecule has 2 N–H and O–H groups in total. The summed E-state index contributed by atoms with van der Waals surface area (Å²) in [5.41, 5.74) is 1.04. The Balaban J connectivity index is 1.73. The molecule has 2 aliphatic rings.